The third-order valence-corrected chi connectivity index (χ3v) is 0.970. The zero-order valence-corrected chi connectivity index (χ0v) is 4.98. The van der Waals surface area contributed by atoms with Gasteiger partial charge in [0.25, 0.3) is 0 Å². The molecule has 6 heteroatoms. The summed E-state index contributed by atoms with van der Waals surface area (Å²) in [5.41, 5.74) is 10.3. The van der Waals surface area contributed by atoms with Gasteiger partial charge in [-0.15, -0.1) is 4.91 Å². The van der Waals surface area contributed by atoms with E-state index in [4.69, 9.17) is 11.5 Å². The van der Waals surface area contributed by atoms with Gasteiger partial charge in [0.15, 0.2) is 17.3 Å². The molecule has 0 aliphatic heterocycles. The summed E-state index contributed by atoms with van der Waals surface area (Å²) in [5, 5.41) is 2.54. The zero-order chi connectivity index (χ0) is 7.56. The highest BCUT2D eigenvalue weighted by molar-refractivity contribution is 5.69. The number of aromatic nitrogens is 2. The summed E-state index contributed by atoms with van der Waals surface area (Å²) in [6.45, 7) is 0. The van der Waals surface area contributed by atoms with Crippen molar-refractivity contribution in [2.45, 2.75) is 0 Å². The smallest absolute Gasteiger partial charge is 0.191 e. The molecule has 0 unspecified atom stereocenters. The Kier molecular flexibility index (Phi) is 1.44. The molecule has 1 heterocycles. The number of hydrogen-bond acceptors (Lipinski definition) is 6. The fraction of sp³-hybridized carbons (Fsp3) is 0. The normalized spacial score (nSPS) is 9.20. The molecule has 0 spiro atoms. The molecule has 0 saturated heterocycles. The largest absolute Gasteiger partial charge is 0.382 e. The van der Waals surface area contributed by atoms with Gasteiger partial charge in [0, 0.05) is 0 Å². The maximum absolute atomic E-state index is 9.96. The van der Waals surface area contributed by atoms with Gasteiger partial charge in [-0.25, -0.2) is 9.97 Å². The quantitative estimate of drug-likeness (QED) is 0.534. The summed E-state index contributed by atoms with van der Waals surface area (Å²) < 4.78 is 0. The molecule has 0 fully saturated rings. The Morgan fingerprint density at radius 3 is 2.10 bits per heavy atom. The summed E-state index contributed by atoms with van der Waals surface area (Å²) in [7, 11) is 0. The molecule has 0 radical (unpaired) electrons. The van der Waals surface area contributed by atoms with Crippen LogP contribution in [0.5, 0.6) is 0 Å². The van der Waals surface area contributed by atoms with Gasteiger partial charge >= 0.3 is 0 Å². The maximum atomic E-state index is 9.96. The van der Waals surface area contributed by atoms with Gasteiger partial charge in [-0.1, -0.05) is 0 Å². The molecule has 1 rings (SSSR count). The van der Waals surface area contributed by atoms with Crippen LogP contribution in [0.2, 0.25) is 0 Å². The lowest BCUT2D eigenvalue weighted by Gasteiger charge is -1.95. The Labute approximate surface area is 56.2 Å². The molecule has 0 aliphatic carbocycles. The van der Waals surface area contributed by atoms with Crippen LogP contribution in [0.3, 0.4) is 0 Å². The number of anilines is 2. The van der Waals surface area contributed by atoms with Crippen molar-refractivity contribution in [2.75, 3.05) is 11.5 Å². The molecule has 1 aromatic heterocycles. The van der Waals surface area contributed by atoms with Crippen LogP contribution in [-0.2, 0) is 0 Å². The third kappa shape index (κ3) is 0.859. The summed E-state index contributed by atoms with van der Waals surface area (Å²) in [5.74, 6) is 0.00463. The first kappa shape index (κ1) is 6.40. The van der Waals surface area contributed by atoms with E-state index in [0.717, 1.165) is 0 Å². The topological polar surface area (TPSA) is 107 Å². The van der Waals surface area contributed by atoms with Gasteiger partial charge in [0.2, 0.25) is 0 Å². The van der Waals surface area contributed by atoms with E-state index in [9.17, 15) is 4.91 Å². The Balaban J connectivity index is 3.30. The SMILES string of the molecule is Nc1ncnc(N)c1N=O. The number of nitrogens with two attached hydrogens (primary N) is 2. The maximum Gasteiger partial charge on any atom is 0.191 e. The molecule has 4 N–H and O–H groups in total. The van der Waals surface area contributed by atoms with Crippen LogP contribution in [0.15, 0.2) is 11.5 Å². The highest BCUT2D eigenvalue weighted by Gasteiger charge is 2.04. The van der Waals surface area contributed by atoms with Gasteiger partial charge in [-0.05, 0) is 5.18 Å². The number of nitrogen functional groups attached to an aromatic ring is 2. The highest BCUT2D eigenvalue weighted by Crippen LogP contribution is 2.23. The van der Waals surface area contributed by atoms with Crippen molar-refractivity contribution in [3.8, 4) is 0 Å². The molecule has 10 heavy (non-hydrogen) atoms. The second-order valence-electron chi connectivity index (χ2n) is 1.58. The second-order valence-corrected chi connectivity index (χ2v) is 1.58. The van der Waals surface area contributed by atoms with Gasteiger partial charge in [0.1, 0.15) is 6.33 Å². The van der Waals surface area contributed by atoms with E-state index in [0.29, 0.717) is 0 Å². The number of nitroso groups, excluding NO2 is 1. The van der Waals surface area contributed by atoms with Crippen molar-refractivity contribution in [1.29, 1.82) is 0 Å². The standard InChI is InChI=1S/C4H5N5O/c5-3-2(9-10)4(6)8-1-7-3/h1H,(H4,5,6,7,8). The summed E-state index contributed by atoms with van der Waals surface area (Å²) >= 11 is 0. The number of hydrogen-bond donors (Lipinski definition) is 2. The molecule has 52 valence electrons. The predicted molar refractivity (Wildman–Crippen MR) is 36.3 cm³/mol. The highest BCUT2D eigenvalue weighted by atomic mass is 16.3. The van der Waals surface area contributed by atoms with Crippen LogP contribution < -0.4 is 11.5 Å². The Bertz CT molecular complexity index is 240. The van der Waals surface area contributed by atoms with Crippen LogP contribution >= 0.6 is 0 Å². The van der Waals surface area contributed by atoms with Crippen LogP contribution in [0, 0.1) is 4.91 Å². The number of rotatable bonds is 1. The fourth-order valence-electron chi connectivity index (χ4n) is 0.500. The lowest BCUT2D eigenvalue weighted by molar-refractivity contribution is 1.17. The summed E-state index contributed by atoms with van der Waals surface area (Å²) in [6, 6.07) is 0. The predicted octanol–water partition coefficient (Wildman–Crippen LogP) is 0.0389. The first-order valence-corrected chi connectivity index (χ1v) is 2.45. The monoisotopic (exact) mass is 139 g/mol. The molecule has 0 bridgehead atoms. The molecule has 0 aromatic carbocycles. The van der Waals surface area contributed by atoms with E-state index in [-0.39, 0.29) is 17.3 Å². The van der Waals surface area contributed by atoms with Crippen LogP contribution in [0.1, 0.15) is 0 Å². The van der Waals surface area contributed by atoms with Gasteiger partial charge in [0.05, 0.1) is 0 Å². The molecule has 0 atom stereocenters. The second kappa shape index (κ2) is 2.26. The minimum atomic E-state index is -0.0949. The lowest BCUT2D eigenvalue weighted by Crippen LogP contribution is -1.96. The van der Waals surface area contributed by atoms with Gasteiger partial charge in [-0.3, -0.25) is 0 Å². The van der Waals surface area contributed by atoms with E-state index in [2.05, 4.69) is 15.1 Å². The minimum Gasteiger partial charge on any atom is -0.382 e. The van der Waals surface area contributed by atoms with E-state index in [1.807, 2.05) is 0 Å². The zero-order valence-electron chi connectivity index (χ0n) is 4.98. The number of nitrogens with zero attached hydrogens (tertiary/aromatic N) is 3. The average Bonchev–Trinajstić information content (AvgIpc) is 1.88. The first-order chi connectivity index (χ1) is 4.75. The molecule has 0 amide bonds. The Morgan fingerprint density at radius 1 is 1.30 bits per heavy atom. The van der Waals surface area contributed by atoms with Crippen molar-refractivity contribution in [3.05, 3.63) is 11.2 Å². The van der Waals surface area contributed by atoms with E-state index in [1.165, 1.54) is 6.33 Å². The molecule has 6 nitrogen and oxygen atoms in total. The Morgan fingerprint density at radius 2 is 1.80 bits per heavy atom. The van der Waals surface area contributed by atoms with Crippen molar-refractivity contribution in [1.82, 2.24) is 9.97 Å². The summed E-state index contributed by atoms with van der Waals surface area (Å²) in [4.78, 5) is 17.0. The van der Waals surface area contributed by atoms with Crippen molar-refractivity contribution >= 4 is 17.3 Å². The van der Waals surface area contributed by atoms with E-state index >= 15 is 0 Å². The van der Waals surface area contributed by atoms with Crippen LogP contribution in [0.25, 0.3) is 0 Å². The molecular weight excluding hydrogens is 134 g/mol. The van der Waals surface area contributed by atoms with Crippen LogP contribution in [-0.4, -0.2) is 9.97 Å². The van der Waals surface area contributed by atoms with E-state index < -0.39 is 0 Å². The minimum absolute atomic E-state index is 0.00231. The average molecular weight is 139 g/mol. The molecular formula is C4H5N5O. The Hall–Kier alpha value is -1.72. The lowest BCUT2D eigenvalue weighted by atomic mass is 10.4. The molecule has 0 aliphatic rings. The van der Waals surface area contributed by atoms with Gasteiger partial charge in [-0.2, -0.15) is 0 Å². The first-order valence-electron chi connectivity index (χ1n) is 2.45. The van der Waals surface area contributed by atoms with Crippen molar-refractivity contribution in [3.63, 3.8) is 0 Å². The fourth-order valence-corrected chi connectivity index (χ4v) is 0.500. The molecule has 1 aromatic rings. The van der Waals surface area contributed by atoms with E-state index in [1.54, 1.807) is 0 Å². The summed E-state index contributed by atoms with van der Waals surface area (Å²) in [6.07, 6.45) is 1.17. The van der Waals surface area contributed by atoms with Gasteiger partial charge < -0.3 is 11.5 Å². The van der Waals surface area contributed by atoms with Crippen molar-refractivity contribution in [2.24, 2.45) is 5.18 Å². The van der Waals surface area contributed by atoms with Crippen molar-refractivity contribution < 1.29 is 0 Å². The third-order valence-electron chi connectivity index (χ3n) is 0.970. The molecule has 0 saturated carbocycles. The van der Waals surface area contributed by atoms with Crippen LogP contribution in [0.4, 0.5) is 17.3 Å².